The summed E-state index contributed by atoms with van der Waals surface area (Å²) in [4.78, 5) is 26.9. The Morgan fingerprint density at radius 3 is 2.84 bits per heavy atom. The first kappa shape index (κ1) is 17.3. The molecule has 6 nitrogen and oxygen atoms in total. The van der Waals surface area contributed by atoms with Crippen LogP contribution in [0.3, 0.4) is 0 Å². The number of ketones is 1. The lowest BCUT2D eigenvalue weighted by Gasteiger charge is -2.27. The third kappa shape index (κ3) is 3.60. The van der Waals surface area contributed by atoms with Crippen molar-refractivity contribution >= 4 is 11.7 Å². The molecule has 0 unspecified atom stereocenters. The van der Waals surface area contributed by atoms with E-state index < -0.39 is 11.8 Å². The zero-order valence-electron chi connectivity index (χ0n) is 14.4. The van der Waals surface area contributed by atoms with Crippen molar-refractivity contribution in [1.82, 2.24) is 4.90 Å². The van der Waals surface area contributed by atoms with Gasteiger partial charge in [-0.1, -0.05) is 0 Å². The zero-order chi connectivity index (χ0) is 17.8. The number of Topliss-reactive ketones (excluding diaryl/α,β-unsaturated/α-hetero) is 1. The molecular weight excluding hydrogens is 320 g/mol. The molecule has 1 amide bonds. The van der Waals surface area contributed by atoms with Crippen molar-refractivity contribution in [3.63, 3.8) is 0 Å². The molecule has 132 valence electrons. The topological polar surface area (TPSA) is 79.6 Å². The van der Waals surface area contributed by atoms with E-state index in [4.69, 9.17) is 9.47 Å². The molecule has 3 rings (SSSR count). The number of benzene rings is 1. The van der Waals surface area contributed by atoms with Gasteiger partial charge >= 0.3 is 0 Å². The SMILES string of the molecule is CCOc1ccc2c(c1)C[C@@H](C(=O)[C@H](C#N)C(=O)N1CCCC1)CO2. The van der Waals surface area contributed by atoms with E-state index in [2.05, 4.69) is 0 Å². The number of rotatable bonds is 5. The Hall–Kier alpha value is -2.55. The molecule has 25 heavy (non-hydrogen) atoms. The van der Waals surface area contributed by atoms with E-state index in [1.165, 1.54) is 0 Å². The average molecular weight is 342 g/mol. The van der Waals surface area contributed by atoms with Gasteiger partial charge in [0.2, 0.25) is 5.91 Å². The number of ether oxygens (including phenoxy) is 2. The molecule has 2 aliphatic heterocycles. The van der Waals surface area contributed by atoms with Crippen LogP contribution in [0.25, 0.3) is 0 Å². The quantitative estimate of drug-likeness (QED) is 0.764. The summed E-state index contributed by atoms with van der Waals surface area (Å²) < 4.78 is 11.2. The molecule has 1 aromatic carbocycles. The van der Waals surface area contributed by atoms with Crippen LogP contribution in [-0.4, -0.2) is 42.9 Å². The minimum absolute atomic E-state index is 0.200. The maximum Gasteiger partial charge on any atom is 0.247 e. The molecule has 0 aliphatic carbocycles. The summed E-state index contributed by atoms with van der Waals surface area (Å²) in [6, 6.07) is 7.44. The molecule has 0 aromatic heterocycles. The zero-order valence-corrected chi connectivity index (χ0v) is 14.4. The fourth-order valence-corrected chi connectivity index (χ4v) is 3.41. The number of likely N-dealkylation sites (tertiary alicyclic amines) is 1. The van der Waals surface area contributed by atoms with Crippen LogP contribution >= 0.6 is 0 Å². The molecule has 2 heterocycles. The largest absolute Gasteiger partial charge is 0.494 e. The monoisotopic (exact) mass is 342 g/mol. The van der Waals surface area contributed by atoms with Gasteiger partial charge in [-0.05, 0) is 49.9 Å². The van der Waals surface area contributed by atoms with E-state index in [0.29, 0.717) is 26.1 Å². The predicted octanol–water partition coefficient (Wildman–Crippen LogP) is 1.97. The lowest BCUT2D eigenvalue weighted by molar-refractivity contribution is -0.140. The van der Waals surface area contributed by atoms with Gasteiger partial charge in [0.15, 0.2) is 11.7 Å². The van der Waals surface area contributed by atoms with E-state index >= 15 is 0 Å². The first-order chi connectivity index (χ1) is 12.1. The van der Waals surface area contributed by atoms with E-state index in [1.54, 1.807) is 4.90 Å². The van der Waals surface area contributed by atoms with Gasteiger partial charge in [0.1, 0.15) is 11.5 Å². The van der Waals surface area contributed by atoms with E-state index in [9.17, 15) is 14.9 Å². The van der Waals surface area contributed by atoms with E-state index in [1.807, 2.05) is 31.2 Å². The Kier molecular flexibility index (Phi) is 5.22. The third-order valence-electron chi connectivity index (χ3n) is 4.73. The molecule has 2 aliphatic rings. The number of hydrogen-bond donors (Lipinski definition) is 0. The second-order valence-corrected chi connectivity index (χ2v) is 6.41. The van der Waals surface area contributed by atoms with Gasteiger partial charge < -0.3 is 14.4 Å². The second kappa shape index (κ2) is 7.56. The fraction of sp³-hybridized carbons (Fsp3) is 0.526. The molecule has 0 radical (unpaired) electrons. The van der Waals surface area contributed by atoms with Crippen molar-refractivity contribution < 1.29 is 19.1 Å². The molecule has 1 fully saturated rings. The average Bonchev–Trinajstić information content (AvgIpc) is 3.16. The first-order valence-electron chi connectivity index (χ1n) is 8.74. The fourth-order valence-electron chi connectivity index (χ4n) is 3.41. The normalized spacial score (nSPS) is 20.2. The summed E-state index contributed by atoms with van der Waals surface area (Å²) in [7, 11) is 0. The minimum Gasteiger partial charge on any atom is -0.494 e. The van der Waals surface area contributed by atoms with E-state index in [-0.39, 0.29) is 18.3 Å². The molecule has 2 atom stereocenters. The van der Waals surface area contributed by atoms with Crippen molar-refractivity contribution in [1.29, 1.82) is 5.26 Å². The number of carbonyl (C=O) groups is 2. The third-order valence-corrected chi connectivity index (χ3v) is 4.73. The maximum absolute atomic E-state index is 12.8. The van der Waals surface area contributed by atoms with Crippen LogP contribution in [0.15, 0.2) is 18.2 Å². The summed E-state index contributed by atoms with van der Waals surface area (Å²) in [5, 5.41) is 9.39. The number of carbonyl (C=O) groups excluding carboxylic acids is 2. The highest BCUT2D eigenvalue weighted by Crippen LogP contribution is 2.32. The van der Waals surface area contributed by atoms with Gasteiger partial charge in [0.05, 0.1) is 25.2 Å². The first-order valence-corrected chi connectivity index (χ1v) is 8.74. The van der Waals surface area contributed by atoms with Gasteiger partial charge in [-0.3, -0.25) is 9.59 Å². The summed E-state index contributed by atoms with van der Waals surface area (Å²) >= 11 is 0. The number of fused-ring (bicyclic) bond motifs is 1. The molecule has 6 heteroatoms. The molecule has 1 aromatic rings. The van der Waals surface area contributed by atoms with Gasteiger partial charge in [0.25, 0.3) is 0 Å². The number of amides is 1. The number of nitrogens with zero attached hydrogens (tertiary/aromatic N) is 2. The van der Waals surface area contributed by atoms with Gasteiger partial charge in [0, 0.05) is 13.1 Å². The highest BCUT2D eigenvalue weighted by molar-refractivity contribution is 6.05. The molecule has 0 bridgehead atoms. The smallest absolute Gasteiger partial charge is 0.247 e. The Bertz CT molecular complexity index is 704. The molecule has 0 N–H and O–H groups in total. The van der Waals surface area contributed by atoms with Crippen molar-refractivity contribution in [2.75, 3.05) is 26.3 Å². The molecule has 1 saturated heterocycles. The van der Waals surface area contributed by atoms with Crippen LogP contribution in [0.2, 0.25) is 0 Å². The number of nitriles is 1. The van der Waals surface area contributed by atoms with Gasteiger partial charge in [-0.25, -0.2) is 0 Å². The van der Waals surface area contributed by atoms with Crippen LogP contribution in [0.5, 0.6) is 11.5 Å². The molecule has 0 spiro atoms. The maximum atomic E-state index is 12.8. The van der Waals surface area contributed by atoms with Gasteiger partial charge in [-0.15, -0.1) is 0 Å². The highest BCUT2D eigenvalue weighted by atomic mass is 16.5. The molecular formula is C19H22N2O4. The summed E-state index contributed by atoms with van der Waals surface area (Å²) in [5.74, 6) is -0.968. The standard InChI is InChI=1S/C19H22N2O4/c1-2-24-15-5-6-17-13(10-15)9-14(12-25-17)18(22)16(11-20)19(23)21-7-3-4-8-21/h5-6,10,14,16H,2-4,7-9,12H2,1H3/t14-,16+/m1/s1. The second-order valence-electron chi connectivity index (χ2n) is 6.41. The van der Waals surface area contributed by atoms with Crippen LogP contribution in [-0.2, 0) is 16.0 Å². The lowest BCUT2D eigenvalue weighted by atomic mass is 9.86. The number of hydrogen-bond acceptors (Lipinski definition) is 5. The van der Waals surface area contributed by atoms with Crippen molar-refractivity contribution in [3.05, 3.63) is 23.8 Å². The van der Waals surface area contributed by atoms with Crippen LogP contribution < -0.4 is 9.47 Å². The lowest BCUT2D eigenvalue weighted by Crippen LogP contribution is -2.41. The minimum atomic E-state index is -1.23. The predicted molar refractivity (Wildman–Crippen MR) is 90.2 cm³/mol. The van der Waals surface area contributed by atoms with Crippen molar-refractivity contribution in [2.24, 2.45) is 11.8 Å². The van der Waals surface area contributed by atoms with Crippen molar-refractivity contribution in [3.8, 4) is 17.6 Å². The molecule has 0 saturated carbocycles. The highest BCUT2D eigenvalue weighted by Gasteiger charge is 2.38. The van der Waals surface area contributed by atoms with Crippen LogP contribution in [0, 0.1) is 23.2 Å². The van der Waals surface area contributed by atoms with Crippen molar-refractivity contribution in [2.45, 2.75) is 26.2 Å². The Morgan fingerprint density at radius 2 is 2.16 bits per heavy atom. The summed E-state index contributed by atoms with van der Waals surface area (Å²) in [6.45, 7) is 3.93. The summed E-state index contributed by atoms with van der Waals surface area (Å²) in [6.07, 6.45) is 2.32. The van der Waals surface area contributed by atoms with Gasteiger partial charge in [-0.2, -0.15) is 5.26 Å². The van der Waals surface area contributed by atoms with Crippen LogP contribution in [0.1, 0.15) is 25.3 Å². The van der Waals surface area contributed by atoms with E-state index in [0.717, 1.165) is 29.9 Å². The Balaban J connectivity index is 1.73. The van der Waals surface area contributed by atoms with Crippen LogP contribution in [0.4, 0.5) is 0 Å². The Labute approximate surface area is 147 Å². The Morgan fingerprint density at radius 1 is 1.40 bits per heavy atom. The summed E-state index contributed by atoms with van der Waals surface area (Å²) in [5.41, 5.74) is 0.876.